The molecule has 3 rings (SSSR count). The number of rotatable bonds is 6. The maximum Gasteiger partial charge on any atom is 0.336 e. The molecule has 1 N–H and O–H groups in total. The first-order valence-corrected chi connectivity index (χ1v) is 8.40. The lowest BCUT2D eigenvalue weighted by molar-refractivity contribution is -0.128. The van der Waals surface area contributed by atoms with Gasteiger partial charge in [0.1, 0.15) is 11.5 Å². The minimum atomic E-state index is -0.536. The average molecular weight is 375 g/mol. The molecule has 0 aliphatic heterocycles. The summed E-state index contributed by atoms with van der Waals surface area (Å²) < 4.78 is 10.3. The number of carbonyl (C=O) groups excluding carboxylic acids is 2. The zero-order valence-electron chi connectivity index (χ0n) is 15.0. The fourth-order valence-corrected chi connectivity index (χ4v) is 2.18. The molecule has 7 nitrogen and oxygen atoms in total. The quantitative estimate of drug-likeness (QED) is 0.234. The van der Waals surface area contributed by atoms with Gasteiger partial charge in [0, 0.05) is 18.0 Å². The van der Waals surface area contributed by atoms with Crippen LogP contribution >= 0.6 is 0 Å². The molecular weight excluding hydrogens is 358 g/mol. The van der Waals surface area contributed by atoms with E-state index in [0.29, 0.717) is 22.6 Å². The molecule has 1 aromatic carbocycles. The third kappa shape index (κ3) is 5.50. The summed E-state index contributed by atoms with van der Waals surface area (Å²) in [6.07, 6.45) is 7.24. The van der Waals surface area contributed by atoms with Gasteiger partial charge in [-0.1, -0.05) is 12.1 Å². The number of nitrogens with one attached hydrogen (secondary N) is 1. The number of nitrogens with zero attached hydrogens (tertiary/aromatic N) is 2. The van der Waals surface area contributed by atoms with Crippen molar-refractivity contribution >= 4 is 24.2 Å². The van der Waals surface area contributed by atoms with Crippen LogP contribution in [0.4, 0.5) is 0 Å². The van der Waals surface area contributed by atoms with Gasteiger partial charge < -0.3 is 9.15 Å². The van der Waals surface area contributed by atoms with Crippen LogP contribution in [-0.2, 0) is 4.79 Å². The Bertz CT molecular complexity index is 1010. The van der Waals surface area contributed by atoms with Crippen LogP contribution in [0.15, 0.2) is 76.6 Å². The van der Waals surface area contributed by atoms with Gasteiger partial charge >= 0.3 is 5.97 Å². The van der Waals surface area contributed by atoms with Gasteiger partial charge in [-0.3, -0.25) is 9.78 Å². The number of pyridine rings is 1. The summed E-state index contributed by atoms with van der Waals surface area (Å²) in [5, 5.41) is 3.91. The van der Waals surface area contributed by atoms with Gasteiger partial charge in [-0.2, -0.15) is 5.10 Å². The highest BCUT2D eigenvalue weighted by Gasteiger charge is 2.04. The Morgan fingerprint density at radius 2 is 2.07 bits per heavy atom. The summed E-state index contributed by atoms with van der Waals surface area (Å²) >= 11 is 0. The second-order valence-corrected chi connectivity index (χ2v) is 5.73. The van der Waals surface area contributed by atoms with Gasteiger partial charge in [-0.05, 0) is 55.0 Å². The summed E-state index contributed by atoms with van der Waals surface area (Å²) in [6, 6.07) is 13.6. The minimum absolute atomic E-state index is 0.354. The van der Waals surface area contributed by atoms with Crippen molar-refractivity contribution in [3.05, 3.63) is 89.6 Å². The molecule has 0 aliphatic rings. The Balaban J connectivity index is 1.56. The summed E-state index contributed by atoms with van der Waals surface area (Å²) in [6.45, 7) is 1.84. The first kappa shape index (κ1) is 18.8. The normalized spacial score (nSPS) is 11.0. The topological polar surface area (TPSA) is 93.8 Å². The van der Waals surface area contributed by atoms with Crippen LogP contribution in [-0.4, -0.2) is 23.1 Å². The van der Waals surface area contributed by atoms with E-state index >= 15 is 0 Å². The van der Waals surface area contributed by atoms with E-state index in [9.17, 15) is 9.59 Å². The lowest BCUT2D eigenvalue weighted by atomic mass is 10.2. The molecule has 140 valence electrons. The second-order valence-electron chi connectivity index (χ2n) is 5.73. The van der Waals surface area contributed by atoms with Crippen LogP contribution < -0.4 is 10.2 Å². The van der Waals surface area contributed by atoms with Crippen molar-refractivity contribution in [2.24, 2.45) is 5.10 Å². The highest BCUT2D eigenvalue weighted by atomic mass is 16.5. The van der Waals surface area contributed by atoms with Gasteiger partial charge in [-0.25, -0.2) is 10.2 Å². The molecule has 2 aromatic heterocycles. The number of hydrazone groups is 1. The molecule has 0 spiro atoms. The Labute approximate surface area is 161 Å². The van der Waals surface area contributed by atoms with Crippen LogP contribution in [0.5, 0.6) is 5.75 Å². The van der Waals surface area contributed by atoms with Crippen LogP contribution in [0.1, 0.15) is 27.4 Å². The van der Waals surface area contributed by atoms with Gasteiger partial charge in [-0.15, -0.1) is 0 Å². The van der Waals surface area contributed by atoms with Crippen molar-refractivity contribution in [1.82, 2.24) is 10.4 Å². The largest absolute Gasteiger partial charge is 0.465 e. The zero-order chi connectivity index (χ0) is 19.8. The van der Waals surface area contributed by atoms with Gasteiger partial charge in [0.15, 0.2) is 0 Å². The number of ether oxygens (including phenoxy) is 1. The van der Waals surface area contributed by atoms with Crippen LogP contribution in [0, 0.1) is 6.92 Å². The molecule has 0 saturated heterocycles. The Morgan fingerprint density at radius 1 is 1.18 bits per heavy atom. The molecule has 0 radical (unpaired) electrons. The Hall–Kier alpha value is -4.00. The predicted octanol–water partition coefficient (Wildman–Crippen LogP) is 3.37. The smallest absolute Gasteiger partial charge is 0.336 e. The SMILES string of the molecule is Cc1ccc(C(=O)NN=Cc2cccc(OC(=O)/C=C/c3ccco3)c2)cn1. The predicted molar refractivity (Wildman–Crippen MR) is 104 cm³/mol. The van der Waals surface area contributed by atoms with Gasteiger partial charge in [0.25, 0.3) is 5.91 Å². The number of aromatic nitrogens is 1. The summed E-state index contributed by atoms with van der Waals surface area (Å²) in [4.78, 5) is 27.9. The third-order valence-corrected chi connectivity index (χ3v) is 3.56. The maximum atomic E-state index is 12.0. The molecule has 3 aromatic rings. The van der Waals surface area contributed by atoms with E-state index in [1.54, 1.807) is 48.5 Å². The summed E-state index contributed by atoms with van der Waals surface area (Å²) in [7, 11) is 0. The molecule has 0 unspecified atom stereocenters. The molecule has 28 heavy (non-hydrogen) atoms. The van der Waals surface area contributed by atoms with Crippen molar-refractivity contribution in [1.29, 1.82) is 0 Å². The standard InChI is InChI=1S/C21H17N3O4/c1-15-7-8-17(14-22-15)21(26)24-23-13-16-4-2-5-19(12-16)28-20(25)10-9-18-6-3-11-27-18/h2-14H,1H3,(H,24,26)/b10-9+,23-13?. The fraction of sp³-hybridized carbons (Fsp3) is 0.0476. The fourth-order valence-electron chi connectivity index (χ4n) is 2.18. The van der Waals surface area contributed by atoms with Crippen molar-refractivity contribution in [3.8, 4) is 5.75 Å². The average Bonchev–Trinajstić information content (AvgIpc) is 3.21. The van der Waals surface area contributed by atoms with Crippen molar-refractivity contribution in [3.63, 3.8) is 0 Å². The van der Waals surface area contributed by atoms with E-state index in [1.807, 2.05) is 6.92 Å². The van der Waals surface area contributed by atoms with Crippen molar-refractivity contribution in [2.45, 2.75) is 6.92 Å². The monoisotopic (exact) mass is 375 g/mol. The molecule has 1 amide bonds. The lowest BCUT2D eigenvalue weighted by Gasteiger charge is -2.02. The molecule has 7 heteroatoms. The molecule has 0 aliphatic carbocycles. The highest BCUT2D eigenvalue weighted by molar-refractivity contribution is 5.94. The number of carbonyl (C=O) groups is 2. The van der Waals surface area contributed by atoms with E-state index in [0.717, 1.165) is 5.69 Å². The van der Waals surface area contributed by atoms with Gasteiger partial charge in [0.2, 0.25) is 0 Å². The molecule has 0 bridgehead atoms. The van der Waals surface area contributed by atoms with E-state index in [-0.39, 0.29) is 5.91 Å². The first-order valence-electron chi connectivity index (χ1n) is 8.40. The zero-order valence-corrected chi connectivity index (χ0v) is 15.0. The number of benzene rings is 1. The maximum absolute atomic E-state index is 12.0. The van der Waals surface area contributed by atoms with Crippen LogP contribution in [0.25, 0.3) is 6.08 Å². The van der Waals surface area contributed by atoms with Crippen molar-refractivity contribution < 1.29 is 18.7 Å². The molecular formula is C21H17N3O4. The third-order valence-electron chi connectivity index (χ3n) is 3.56. The first-order chi connectivity index (χ1) is 13.6. The number of aryl methyl sites for hydroxylation is 1. The number of hydrogen-bond acceptors (Lipinski definition) is 6. The number of hydrogen-bond donors (Lipinski definition) is 1. The van der Waals surface area contributed by atoms with Crippen LogP contribution in [0.3, 0.4) is 0 Å². The molecule has 0 atom stereocenters. The van der Waals surface area contributed by atoms with Crippen LogP contribution in [0.2, 0.25) is 0 Å². The van der Waals surface area contributed by atoms with E-state index in [1.165, 1.54) is 30.8 Å². The minimum Gasteiger partial charge on any atom is -0.465 e. The van der Waals surface area contributed by atoms with Crippen molar-refractivity contribution in [2.75, 3.05) is 0 Å². The Morgan fingerprint density at radius 3 is 2.82 bits per heavy atom. The highest BCUT2D eigenvalue weighted by Crippen LogP contribution is 2.13. The summed E-state index contributed by atoms with van der Waals surface area (Å²) in [5.74, 6) is 0.00418. The lowest BCUT2D eigenvalue weighted by Crippen LogP contribution is -2.17. The number of furan rings is 1. The molecule has 2 heterocycles. The number of esters is 1. The van der Waals surface area contributed by atoms with Gasteiger partial charge in [0.05, 0.1) is 18.0 Å². The van der Waals surface area contributed by atoms with E-state index in [4.69, 9.17) is 9.15 Å². The summed E-state index contributed by atoms with van der Waals surface area (Å²) in [5.41, 5.74) is 4.31. The number of amides is 1. The molecule has 0 saturated carbocycles. The Kier molecular flexibility index (Phi) is 6.10. The second kappa shape index (κ2) is 9.09. The van der Waals surface area contributed by atoms with E-state index < -0.39 is 5.97 Å². The molecule has 0 fully saturated rings. The van der Waals surface area contributed by atoms with E-state index in [2.05, 4.69) is 15.5 Å².